The number of hydrogen-bond acceptors (Lipinski definition) is 4. The van der Waals surface area contributed by atoms with E-state index in [4.69, 9.17) is 9.47 Å². The molecule has 0 radical (unpaired) electrons. The van der Waals surface area contributed by atoms with Crippen LogP contribution in [0.25, 0.3) is 0 Å². The minimum Gasteiger partial charge on any atom is -0.372 e. The Morgan fingerprint density at radius 2 is 1.28 bits per heavy atom. The quantitative estimate of drug-likeness (QED) is 0.641. The van der Waals surface area contributed by atoms with Gasteiger partial charge in [0, 0.05) is 11.5 Å². The molecule has 0 aromatic rings. The van der Waals surface area contributed by atoms with E-state index in [0.717, 1.165) is 25.0 Å². The molecule has 2 heterocycles. The Morgan fingerprint density at radius 1 is 0.778 bits per heavy atom. The van der Waals surface area contributed by atoms with Crippen molar-refractivity contribution in [3.8, 4) is 0 Å². The molecule has 3 aliphatic rings. The third-order valence-corrected chi connectivity index (χ3v) is 6.64. The first-order valence-electron chi connectivity index (χ1n) is 7.29. The third kappa shape index (κ3) is 4.95. The molecule has 0 aromatic heterocycles. The van der Waals surface area contributed by atoms with Crippen molar-refractivity contribution in [1.82, 2.24) is 0 Å². The number of ether oxygens (including phenoxy) is 2. The van der Waals surface area contributed by atoms with E-state index in [9.17, 15) is 0 Å². The number of hydrogen-bond donors (Lipinski definition) is 0. The lowest BCUT2D eigenvalue weighted by Crippen LogP contribution is -2.19. The fraction of sp³-hybridized carbons (Fsp3) is 1.00. The fourth-order valence-electron chi connectivity index (χ4n) is 2.77. The first-order chi connectivity index (χ1) is 8.90. The monoisotopic (exact) mass is 288 g/mol. The molecule has 1 aliphatic carbocycles. The van der Waals surface area contributed by atoms with Gasteiger partial charge in [0.1, 0.15) is 0 Å². The largest absolute Gasteiger partial charge is 0.372 e. The molecule has 0 aromatic carbocycles. The second-order valence-electron chi connectivity index (χ2n) is 5.88. The first kappa shape index (κ1) is 13.6. The summed E-state index contributed by atoms with van der Waals surface area (Å²) in [6.07, 6.45) is 7.05. The highest BCUT2D eigenvalue weighted by Gasteiger charge is 2.26. The fourth-order valence-corrected chi connectivity index (χ4v) is 5.22. The Labute approximate surface area is 119 Å². The SMILES string of the molecule is C1CC(CSCC2CO2)CC(CSCC2CO2)C1. The highest BCUT2D eigenvalue weighted by molar-refractivity contribution is 7.99. The maximum Gasteiger partial charge on any atom is 0.0900 e. The summed E-state index contributed by atoms with van der Waals surface area (Å²) in [5.41, 5.74) is 0. The summed E-state index contributed by atoms with van der Waals surface area (Å²) in [5, 5.41) is 0. The van der Waals surface area contributed by atoms with Gasteiger partial charge in [0.25, 0.3) is 0 Å². The highest BCUT2D eigenvalue weighted by atomic mass is 32.2. The lowest BCUT2D eigenvalue weighted by atomic mass is 9.83. The zero-order chi connectivity index (χ0) is 12.2. The van der Waals surface area contributed by atoms with Crippen molar-refractivity contribution < 1.29 is 9.47 Å². The van der Waals surface area contributed by atoms with Crippen LogP contribution >= 0.6 is 23.5 Å². The Balaban J connectivity index is 1.26. The van der Waals surface area contributed by atoms with E-state index in [1.165, 1.54) is 48.7 Å². The van der Waals surface area contributed by atoms with E-state index < -0.39 is 0 Å². The van der Waals surface area contributed by atoms with Gasteiger partial charge in [-0.15, -0.1) is 0 Å². The minimum absolute atomic E-state index is 0.600. The average Bonchev–Trinajstić information content (AvgIpc) is 3.25. The second kappa shape index (κ2) is 6.87. The topological polar surface area (TPSA) is 25.1 Å². The first-order valence-corrected chi connectivity index (χ1v) is 9.60. The van der Waals surface area contributed by atoms with Crippen LogP contribution in [0.5, 0.6) is 0 Å². The molecule has 0 spiro atoms. The molecule has 0 amide bonds. The third-order valence-electron chi connectivity index (χ3n) is 4.01. The van der Waals surface area contributed by atoms with Crippen LogP contribution in [-0.4, -0.2) is 48.4 Å². The summed E-state index contributed by atoms with van der Waals surface area (Å²) in [6, 6.07) is 0. The van der Waals surface area contributed by atoms with Crippen LogP contribution in [0, 0.1) is 11.8 Å². The Bertz CT molecular complexity index is 230. The summed E-state index contributed by atoms with van der Waals surface area (Å²) in [5.74, 6) is 7.15. The number of thioether (sulfide) groups is 2. The molecule has 4 heteroatoms. The van der Waals surface area contributed by atoms with Crippen molar-refractivity contribution >= 4 is 23.5 Å². The average molecular weight is 288 g/mol. The Hall–Kier alpha value is 0.620. The van der Waals surface area contributed by atoms with Gasteiger partial charge in [-0.05, 0) is 42.6 Å². The molecule has 0 N–H and O–H groups in total. The maximum atomic E-state index is 5.26. The van der Waals surface area contributed by atoms with Crippen molar-refractivity contribution in [1.29, 1.82) is 0 Å². The molecule has 4 atom stereocenters. The molecular formula is C14H24O2S2. The second-order valence-corrected chi connectivity index (χ2v) is 8.03. The highest BCUT2D eigenvalue weighted by Crippen LogP contribution is 2.34. The van der Waals surface area contributed by atoms with Gasteiger partial charge in [0.2, 0.25) is 0 Å². The molecule has 2 saturated heterocycles. The van der Waals surface area contributed by atoms with Gasteiger partial charge < -0.3 is 9.47 Å². The number of epoxide rings is 2. The van der Waals surface area contributed by atoms with Gasteiger partial charge in [-0.25, -0.2) is 0 Å². The molecule has 2 nitrogen and oxygen atoms in total. The van der Waals surface area contributed by atoms with E-state index in [-0.39, 0.29) is 0 Å². The van der Waals surface area contributed by atoms with Gasteiger partial charge in [-0.2, -0.15) is 23.5 Å². The minimum atomic E-state index is 0.600. The predicted octanol–water partition coefficient (Wildman–Crippen LogP) is 3.06. The number of rotatable bonds is 8. The van der Waals surface area contributed by atoms with E-state index in [1.807, 2.05) is 0 Å². The van der Waals surface area contributed by atoms with E-state index >= 15 is 0 Å². The van der Waals surface area contributed by atoms with Crippen molar-refractivity contribution in [3.05, 3.63) is 0 Å². The van der Waals surface area contributed by atoms with E-state index in [0.29, 0.717) is 12.2 Å². The van der Waals surface area contributed by atoms with Crippen LogP contribution in [0.15, 0.2) is 0 Å². The van der Waals surface area contributed by atoms with Crippen LogP contribution in [-0.2, 0) is 9.47 Å². The van der Waals surface area contributed by atoms with Crippen LogP contribution in [0.3, 0.4) is 0 Å². The molecular weight excluding hydrogens is 264 g/mol. The summed E-state index contributed by atoms with van der Waals surface area (Å²) >= 11 is 4.24. The zero-order valence-corrected chi connectivity index (χ0v) is 12.6. The molecule has 3 rings (SSSR count). The molecule has 18 heavy (non-hydrogen) atoms. The van der Waals surface area contributed by atoms with E-state index in [2.05, 4.69) is 23.5 Å². The smallest absolute Gasteiger partial charge is 0.0900 e. The van der Waals surface area contributed by atoms with Gasteiger partial charge in [-0.1, -0.05) is 6.42 Å². The van der Waals surface area contributed by atoms with Crippen molar-refractivity contribution in [3.63, 3.8) is 0 Å². The lowest BCUT2D eigenvalue weighted by Gasteiger charge is -2.28. The van der Waals surface area contributed by atoms with Crippen LogP contribution in [0.1, 0.15) is 25.7 Å². The Morgan fingerprint density at radius 3 is 1.72 bits per heavy atom. The summed E-state index contributed by atoms with van der Waals surface area (Å²) < 4.78 is 10.5. The van der Waals surface area contributed by atoms with Gasteiger partial charge in [-0.3, -0.25) is 0 Å². The van der Waals surface area contributed by atoms with Gasteiger partial charge in [0.05, 0.1) is 25.4 Å². The molecule has 104 valence electrons. The zero-order valence-electron chi connectivity index (χ0n) is 11.0. The molecule has 3 fully saturated rings. The van der Waals surface area contributed by atoms with E-state index in [1.54, 1.807) is 0 Å². The van der Waals surface area contributed by atoms with Gasteiger partial charge >= 0.3 is 0 Å². The van der Waals surface area contributed by atoms with Crippen LogP contribution in [0.4, 0.5) is 0 Å². The standard InChI is InChI=1S/C14H24O2S2/c1-2-11(7-17-9-13-5-15-13)4-12(3-1)8-18-10-14-6-16-14/h11-14H,1-10H2. The molecule has 0 bridgehead atoms. The van der Waals surface area contributed by atoms with Crippen molar-refractivity contribution in [2.75, 3.05) is 36.2 Å². The predicted molar refractivity (Wildman–Crippen MR) is 79.6 cm³/mol. The molecule has 1 saturated carbocycles. The van der Waals surface area contributed by atoms with Crippen molar-refractivity contribution in [2.24, 2.45) is 11.8 Å². The van der Waals surface area contributed by atoms with Crippen LogP contribution in [0.2, 0.25) is 0 Å². The summed E-state index contributed by atoms with van der Waals surface area (Å²) in [6.45, 7) is 2.03. The van der Waals surface area contributed by atoms with Crippen LogP contribution < -0.4 is 0 Å². The Kier molecular flexibility index (Phi) is 5.19. The maximum absolute atomic E-state index is 5.26. The lowest BCUT2D eigenvalue weighted by molar-refractivity contribution is 0.309. The normalized spacial score (nSPS) is 38.7. The summed E-state index contributed by atoms with van der Waals surface area (Å²) in [4.78, 5) is 0. The summed E-state index contributed by atoms with van der Waals surface area (Å²) in [7, 11) is 0. The molecule has 2 aliphatic heterocycles. The molecule has 4 unspecified atom stereocenters. The van der Waals surface area contributed by atoms with Gasteiger partial charge in [0.15, 0.2) is 0 Å². The van der Waals surface area contributed by atoms with Crippen molar-refractivity contribution in [2.45, 2.75) is 37.9 Å².